The van der Waals surface area contributed by atoms with Crippen molar-refractivity contribution in [3.63, 3.8) is 0 Å². The molecule has 0 aliphatic rings. The van der Waals surface area contributed by atoms with Gasteiger partial charge in [0.05, 0.1) is 25.8 Å². The Morgan fingerprint density at radius 1 is 1.00 bits per heavy atom. The number of aromatic nitrogens is 2. The number of ether oxygens (including phenoxy) is 1. The van der Waals surface area contributed by atoms with Crippen molar-refractivity contribution in [2.24, 2.45) is 0 Å². The van der Waals surface area contributed by atoms with Gasteiger partial charge in [0.25, 0.3) is 0 Å². The molecular weight excluding hydrogens is 447 g/mol. The van der Waals surface area contributed by atoms with E-state index in [1.165, 1.54) is 12.1 Å². The summed E-state index contributed by atoms with van der Waals surface area (Å²) in [5.41, 5.74) is 3.95. The molecule has 7 nitrogen and oxygen atoms in total. The lowest BCUT2D eigenvalue weighted by Crippen LogP contribution is -2.34. The van der Waals surface area contributed by atoms with E-state index in [4.69, 9.17) is 4.74 Å². The van der Waals surface area contributed by atoms with E-state index in [-0.39, 0.29) is 30.6 Å². The molecule has 2 N–H and O–H groups in total. The summed E-state index contributed by atoms with van der Waals surface area (Å²) in [6, 6.07) is 20.8. The normalized spacial score (nSPS) is 10.6. The number of amides is 2. The zero-order valence-corrected chi connectivity index (χ0v) is 19.4. The minimum atomic E-state index is -0.367. The number of imidazole rings is 1. The number of benzene rings is 3. The van der Waals surface area contributed by atoms with Gasteiger partial charge in [0.1, 0.15) is 17.4 Å². The Morgan fingerprint density at radius 3 is 2.46 bits per heavy atom. The maximum atomic E-state index is 13.5. The van der Waals surface area contributed by atoms with E-state index in [0.29, 0.717) is 28.6 Å². The van der Waals surface area contributed by atoms with E-state index in [1.54, 1.807) is 48.1 Å². The van der Waals surface area contributed by atoms with Gasteiger partial charge in [-0.3, -0.25) is 9.59 Å². The summed E-state index contributed by atoms with van der Waals surface area (Å²) >= 11 is 0. The van der Waals surface area contributed by atoms with Crippen LogP contribution in [-0.2, 0) is 16.0 Å². The number of nitrogens with one attached hydrogen (secondary N) is 2. The fourth-order valence-electron chi connectivity index (χ4n) is 3.52. The number of anilines is 1. The standard InChI is InChI=1S/C27H25FN4O3/c1-18-6-8-19(9-7-18)24-17-32(22-12-10-20(28)11-13-22)25(31-24)15-26(33)29-16-27(34)30-21-4-3-5-23(14-21)35-2/h3-14,17H,15-16H2,1-2H3,(H,29,33)(H,30,34). The van der Waals surface area contributed by atoms with Crippen molar-refractivity contribution in [1.29, 1.82) is 0 Å². The first-order valence-corrected chi connectivity index (χ1v) is 11.0. The van der Waals surface area contributed by atoms with Crippen molar-refractivity contribution >= 4 is 17.5 Å². The zero-order valence-electron chi connectivity index (χ0n) is 19.4. The summed E-state index contributed by atoms with van der Waals surface area (Å²) in [5, 5.41) is 5.35. The van der Waals surface area contributed by atoms with Gasteiger partial charge in [-0.05, 0) is 43.3 Å². The van der Waals surface area contributed by atoms with Crippen molar-refractivity contribution in [2.75, 3.05) is 19.0 Å². The van der Waals surface area contributed by atoms with Gasteiger partial charge >= 0.3 is 0 Å². The fraction of sp³-hybridized carbons (Fsp3) is 0.148. The van der Waals surface area contributed by atoms with E-state index >= 15 is 0 Å². The van der Waals surface area contributed by atoms with Gasteiger partial charge in [0, 0.05) is 29.2 Å². The molecule has 3 aromatic carbocycles. The smallest absolute Gasteiger partial charge is 0.243 e. The lowest BCUT2D eigenvalue weighted by atomic mass is 10.1. The average molecular weight is 473 g/mol. The van der Waals surface area contributed by atoms with Gasteiger partial charge in [-0.25, -0.2) is 9.37 Å². The highest BCUT2D eigenvalue weighted by molar-refractivity contribution is 5.94. The van der Waals surface area contributed by atoms with Crippen LogP contribution in [0.4, 0.5) is 10.1 Å². The second-order valence-electron chi connectivity index (χ2n) is 7.99. The molecule has 178 valence electrons. The lowest BCUT2D eigenvalue weighted by Gasteiger charge is -2.09. The molecule has 4 aromatic rings. The van der Waals surface area contributed by atoms with E-state index in [1.807, 2.05) is 37.4 Å². The molecule has 0 unspecified atom stereocenters. The van der Waals surface area contributed by atoms with Crippen LogP contribution in [0.5, 0.6) is 5.75 Å². The van der Waals surface area contributed by atoms with Crippen LogP contribution in [0.2, 0.25) is 0 Å². The van der Waals surface area contributed by atoms with Crippen LogP contribution in [0.15, 0.2) is 79.0 Å². The van der Waals surface area contributed by atoms with Gasteiger partial charge in [-0.15, -0.1) is 0 Å². The van der Waals surface area contributed by atoms with Gasteiger partial charge < -0.3 is 19.9 Å². The van der Waals surface area contributed by atoms with Gasteiger partial charge in [0.15, 0.2) is 0 Å². The van der Waals surface area contributed by atoms with E-state index in [2.05, 4.69) is 15.6 Å². The third-order valence-corrected chi connectivity index (χ3v) is 5.35. The van der Waals surface area contributed by atoms with Gasteiger partial charge in [-0.2, -0.15) is 0 Å². The van der Waals surface area contributed by atoms with E-state index in [9.17, 15) is 14.0 Å². The van der Waals surface area contributed by atoms with Crippen LogP contribution in [-0.4, -0.2) is 35.0 Å². The Bertz CT molecular complexity index is 1330. The van der Waals surface area contributed by atoms with Crippen LogP contribution in [0, 0.1) is 12.7 Å². The predicted molar refractivity (Wildman–Crippen MR) is 132 cm³/mol. The monoisotopic (exact) mass is 472 g/mol. The summed E-state index contributed by atoms with van der Waals surface area (Å²) in [6.07, 6.45) is 1.76. The van der Waals surface area contributed by atoms with Crippen molar-refractivity contribution < 1.29 is 18.7 Å². The maximum absolute atomic E-state index is 13.5. The third kappa shape index (κ3) is 6.11. The Balaban J connectivity index is 1.47. The van der Waals surface area contributed by atoms with E-state index in [0.717, 1.165) is 11.1 Å². The highest BCUT2D eigenvalue weighted by Gasteiger charge is 2.16. The highest BCUT2D eigenvalue weighted by Crippen LogP contribution is 2.23. The first kappa shape index (κ1) is 23.7. The molecule has 0 saturated carbocycles. The van der Waals surface area contributed by atoms with Crippen molar-refractivity contribution in [3.8, 4) is 22.7 Å². The van der Waals surface area contributed by atoms with Gasteiger partial charge in [0.2, 0.25) is 11.8 Å². The number of aryl methyl sites for hydroxylation is 1. The topological polar surface area (TPSA) is 85.2 Å². The largest absolute Gasteiger partial charge is 0.497 e. The summed E-state index contributed by atoms with van der Waals surface area (Å²) in [5.74, 6) is -0.000248. The molecule has 0 aliphatic carbocycles. The quantitative estimate of drug-likeness (QED) is 0.401. The third-order valence-electron chi connectivity index (χ3n) is 5.35. The summed E-state index contributed by atoms with van der Waals surface area (Å²) in [6.45, 7) is 1.80. The summed E-state index contributed by atoms with van der Waals surface area (Å²) < 4.78 is 20.4. The number of hydrogen-bond acceptors (Lipinski definition) is 4. The second kappa shape index (κ2) is 10.6. The SMILES string of the molecule is COc1cccc(NC(=O)CNC(=O)Cc2nc(-c3ccc(C)cc3)cn2-c2ccc(F)cc2)c1. The molecule has 4 rings (SSSR count). The first-order valence-electron chi connectivity index (χ1n) is 11.0. The fourth-order valence-corrected chi connectivity index (χ4v) is 3.52. The van der Waals surface area contributed by atoms with Crippen molar-refractivity contribution in [2.45, 2.75) is 13.3 Å². The Hall–Kier alpha value is -4.46. The average Bonchev–Trinajstić information content (AvgIpc) is 3.27. The Morgan fingerprint density at radius 2 is 1.74 bits per heavy atom. The summed E-state index contributed by atoms with van der Waals surface area (Å²) in [7, 11) is 1.54. The molecule has 0 fully saturated rings. The molecule has 0 spiro atoms. The molecule has 0 saturated heterocycles. The number of carbonyl (C=O) groups excluding carboxylic acids is 2. The zero-order chi connectivity index (χ0) is 24.8. The van der Waals surface area contributed by atoms with Crippen LogP contribution in [0.1, 0.15) is 11.4 Å². The molecule has 1 aromatic heterocycles. The minimum Gasteiger partial charge on any atom is -0.497 e. The van der Waals surface area contributed by atoms with Crippen LogP contribution in [0.25, 0.3) is 16.9 Å². The van der Waals surface area contributed by atoms with Gasteiger partial charge in [-0.1, -0.05) is 35.9 Å². The predicted octanol–water partition coefficient (Wildman–Crippen LogP) is 4.29. The van der Waals surface area contributed by atoms with Crippen LogP contribution >= 0.6 is 0 Å². The molecule has 2 amide bonds. The van der Waals surface area contributed by atoms with E-state index < -0.39 is 0 Å². The van der Waals surface area contributed by atoms with Crippen molar-refractivity contribution in [1.82, 2.24) is 14.9 Å². The molecule has 0 radical (unpaired) electrons. The minimum absolute atomic E-state index is 0.0598. The number of halogens is 1. The maximum Gasteiger partial charge on any atom is 0.243 e. The molecule has 0 aliphatic heterocycles. The number of methoxy groups -OCH3 is 1. The second-order valence-corrected chi connectivity index (χ2v) is 7.99. The molecule has 1 heterocycles. The number of hydrogen-bond donors (Lipinski definition) is 2. The number of rotatable bonds is 8. The van der Waals surface area contributed by atoms with Crippen molar-refractivity contribution in [3.05, 3.63) is 96.2 Å². The molecular formula is C27H25FN4O3. The Kier molecular flexibility index (Phi) is 7.21. The summed E-state index contributed by atoms with van der Waals surface area (Å²) in [4.78, 5) is 29.6. The highest BCUT2D eigenvalue weighted by atomic mass is 19.1. The molecule has 0 bridgehead atoms. The lowest BCUT2D eigenvalue weighted by molar-refractivity contribution is -0.123. The number of carbonyl (C=O) groups is 2. The van der Waals surface area contributed by atoms with Crippen LogP contribution in [0.3, 0.4) is 0 Å². The van der Waals surface area contributed by atoms with Crippen LogP contribution < -0.4 is 15.4 Å². The first-order chi connectivity index (χ1) is 16.9. The molecule has 35 heavy (non-hydrogen) atoms. The Labute approximate surface area is 202 Å². The number of nitrogens with zero attached hydrogens (tertiary/aromatic N) is 2. The molecule has 0 atom stereocenters. The molecule has 8 heteroatoms.